The van der Waals surface area contributed by atoms with Crippen LogP contribution in [-0.2, 0) is 9.53 Å². The maximum atomic E-state index is 11.4. The summed E-state index contributed by atoms with van der Waals surface area (Å²) in [6, 6.07) is 0. The molecule has 0 aromatic rings. The first-order valence-corrected chi connectivity index (χ1v) is 5.93. The van der Waals surface area contributed by atoms with E-state index in [0.717, 1.165) is 25.7 Å². The van der Waals surface area contributed by atoms with Crippen molar-refractivity contribution in [1.82, 2.24) is 0 Å². The minimum atomic E-state index is -0.341. The van der Waals surface area contributed by atoms with E-state index in [1.165, 1.54) is 11.6 Å². The average molecular weight is 224 g/mol. The van der Waals surface area contributed by atoms with E-state index < -0.39 is 0 Å². The van der Waals surface area contributed by atoms with E-state index in [0.29, 0.717) is 0 Å². The summed E-state index contributed by atoms with van der Waals surface area (Å²) in [6.07, 6.45) is 6.91. The van der Waals surface area contributed by atoms with Gasteiger partial charge in [-0.3, -0.25) is 0 Å². The van der Waals surface area contributed by atoms with Crippen LogP contribution in [0.3, 0.4) is 0 Å². The predicted octanol–water partition coefficient (Wildman–Crippen LogP) is 4.02. The van der Waals surface area contributed by atoms with E-state index in [-0.39, 0.29) is 11.6 Å². The summed E-state index contributed by atoms with van der Waals surface area (Å²) in [7, 11) is 0. The van der Waals surface area contributed by atoms with Gasteiger partial charge in [-0.05, 0) is 46.5 Å². The first-order chi connectivity index (χ1) is 7.43. The van der Waals surface area contributed by atoms with Crippen LogP contribution in [0.15, 0.2) is 24.3 Å². The van der Waals surface area contributed by atoms with Crippen molar-refractivity contribution in [2.24, 2.45) is 0 Å². The normalized spacial score (nSPS) is 14.8. The molecule has 0 rings (SSSR count). The fourth-order valence-electron chi connectivity index (χ4n) is 1.48. The third-order valence-corrected chi connectivity index (χ3v) is 2.71. The number of carbonyl (C=O) groups excluding carboxylic acids is 1. The molecule has 0 heterocycles. The van der Waals surface area contributed by atoms with E-state index in [1.807, 2.05) is 27.7 Å². The zero-order valence-electron chi connectivity index (χ0n) is 11.0. The number of hydrogen-bond donors (Lipinski definition) is 0. The van der Waals surface area contributed by atoms with E-state index in [2.05, 4.69) is 6.58 Å². The van der Waals surface area contributed by atoms with Gasteiger partial charge < -0.3 is 4.74 Å². The van der Waals surface area contributed by atoms with Crippen LogP contribution in [0.25, 0.3) is 0 Å². The van der Waals surface area contributed by atoms with Crippen LogP contribution in [0.4, 0.5) is 0 Å². The zero-order chi connectivity index (χ0) is 12.6. The van der Waals surface area contributed by atoms with Crippen LogP contribution in [-0.4, -0.2) is 11.6 Å². The van der Waals surface area contributed by atoms with E-state index in [1.54, 1.807) is 6.08 Å². The second-order valence-electron chi connectivity index (χ2n) is 4.54. The molecule has 0 saturated heterocycles. The summed E-state index contributed by atoms with van der Waals surface area (Å²) < 4.78 is 5.45. The lowest BCUT2D eigenvalue weighted by Crippen LogP contribution is -2.30. The lowest BCUT2D eigenvalue weighted by molar-refractivity contribution is -0.152. The molecule has 0 aliphatic heterocycles. The minimum absolute atomic E-state index is 0.248. The Kier molecular flexibility index (Phi) is 6.78. The summed E-state index contributed by atoms with van der Waals surface area (Å²) in [4.78, 5) is 11.4. The number of ether oxygens (including phenoxy) is 1. The van der Waals surface area contributed by atoms with Crippen LogP contribution in [0.5, 0.6) is 0 Å². The quantitative estimate of drug-likeness (QED) is 0.371. The van der Waals surface area contributed by atoms with Crippen LogP contribution < -0.4 is 0 Å². The minimum Gasteiger partial charge on any atom is -0.456 e. The van der Waals surface area contributed by atoms with Crippen molar-refractivity contribution >= 4 is 5.97 Å². The summed E-state index contributed by atoms with van der Waals surface area (Å²) in [6.45, 7) is 11.7. The highest BCUT2D eigenvalue weighted by Crippen LogP contribution is 2.24. The Morgan fingerprint density at radius 1 is 1.50 bits per heavy atom. The zero-order valence-corrected chi connectivity index (χ0v) is 11.0. The summed E-state index contributed by atoms with van der Waals surface area (Å²) in [5.41, 5.74) is 0.838. The molecular weight excluding hydrogens is 200 g/mol. The fourth-order valence-corrected chi connectivity index (χ4v) is 1.48. The molecular formula is C14H24O2. The van der Waals surface area contributed by atoms with Crippen molar-refractivity contribution in [3.05, 3.63) is 24.3 Å². The lowest BCUT2D eigenvalue weighted by atomic mass is 9.94. The Balaban J connectivity index is 4.19. The third-order valence-electron chi connectivity index (χ3n) is 2.71. The summed E-state index contributed by atoms with van der Waals surface area (Å²) in [5, 5.41) is 0. The van der Waals surface area contributed by atoms with Crippen molar-refractivity contribution in [3.63, 3.8) is 0 Å². The Morgan fingerprint density at radius 3 is 2.56 bits per heavy atom. The third kappa shape index (κ3) is 6.44. The van der Waals surface area contributed by atoms with Crippen LogP contribution in [0, 0.1) is 0 Å². The van der Waals surface area contributed by atoms with Gasteiger partial charge in [-0.15, -0.1) is 6.58 Å². The molecule has 0 radical (unpaired) electrons. The number of hydrogen-bond acceptors (Lipinski definition) is 2. The number of esters is 1. The molecule has 0 aliphatic carbocycles. The highest BCUT2D eigenvalue weighted by Gasteiger charge is 2.25. The molecule has 16 heavy (non-hydrogen) atoms. The lowest BCUT2D eigenvalue weighted by Gasteiger charge is -2.28. The molecule has 0 spiro atoms. The SMILES string of the molecule is C=C(C)CCCC(C)(CC)OC(=O)/C=C/C. The molecule has 2 heteroatoms. The van der Waals surface area contributed by atoms with Gasteiger partial charge in [0.2, 0.25) is 0 Å². The molecule has 0 bridgehead atoms. The molecule has 2 nitrogen and oxygen atoms in total. The first kappa shape index (κ1) is 14.9. The maximum absolute atomic E-state index is 11.4. The molecule has 0 aliphatic rings. The van der Waals surface area contributed by atoms with Gasteiger partial charge in [-0.2, -0.15) is 0 Å². The maximum Gasteiger partial charge on any atom is 0.330 e. The molecule has 0 fully saturated rings. The smallest absolute Gasteiger partial charge is 0.330 e. The van der Waals surface area contributed by atoms with Gasteiger partial charge in [0.25, 0.3) is 0 Å². The van der Waals surface area contributed by atoms with Crippen LogP contribution >= 0.6 is 0 Å². The van der Waals surface area contributed by atoms with E-state index in [4.69, 9.17) is 4.74 Å². The topological polar surface area (TPSA) is 26.3 Å². The van der Waals surface area contributed by atoms with Crippen LogP contribution in [0.2, 0.25) is 0 Å². The first-order valence-electron chi connectivity index (χ1n) is 5.93. The van der Waals surface area contributed by atoms with Gasteiger partial charge in [0.1, 0.15) is 5.60 Å². The van der Waals surface area contributed by atoms with Gasteiger partial charge >= 0.3 is 5.97 Å². The fraction of sp³-hybridized carbons (Fsp3) is 0.643. The second-order valence-corrected chi connectivity index (χ2v) is 4.54. The molecule has 92 valence electrons. The Hall–Kier alpha value is -1.05. The van der Waals surface area contributed by atoms with Crippen molar-refractivity contribution < 1.29 is 9.53 Å². The number of carbonyl (C=O) groups is 1. The van der Waals surface area contributed by atoms with Crippen molar-refractivity contribution in [2.75, 3.05) is 0 Å². The summed E-state index contributed by atoms with van der Waals surface area (Å²) in [5.74, 6) is -0.248. The van der Waals surface area contributed by atoms with Crippen LogP contribution in [0.1, 0.15) is 53.4 Å². The second kappa shape index (κ2) is 7.26. The molecule has 1 unspecified atom stereocenters. The Bertz CT molecular complexity index is 266. The number of allylic oxidation sites excluding steroid dienone is 2. The molecule has 0 aromatic carbocycles. The Labute approximate surface area is 99.4 Å². The van der Waals surface area contributed by atoms with E-state index in [9.17, 15) is 4.79 Å². The monoisotopic (exact) mass is 224 g/mol. The van der Waals surface area contributed by atoms with Crippen molar-refractivity contribution in [1.29, 1.82) is 0 Å². The van der Waals surface area contributed by atoms with Gasteiger partial charge in [0, 0.05) is 6.08 Å². The highest BCUT2D eigenvalue weighted by molar-refractivity contribution is 5.82. The summed E-state index contributed by atoms with van der Waals surface area (Å²) >= 11 is 0. The number of rotatable bonds is 7. The van der Waals surface area contributed by atoms with Gasteiger partial charge in [0.15, 0.2) is 0 Å². The molecule has 1 atom stereocenters. The standard InChI is InChI=1S/C14H24O2/c1-6-9-13(15)16-14(5,7-2)11-8-10-12(3)4/h6,9H,3,7-8,10-11H2,1-2,4-5H3/b9-6+. The van der Waals surface area contributed by atoms with Crippen molar-refractivity contribution in [3.8, 4) is 0 Å². The molecule has 0 amide bonds. The van der Waals surface area contributed by atoms with E-state index >= 15 is 0 Å². The van der Waals surface area contributed by atoms with Crippen molar-refractivity contribution in [2.45, 2.75) is 59.0 Å². The molecule has 0 N–H and O–H groups in total. The average Bonchev–Trinajstić information content (AvgIpc) is 2.17. The van der Waals surface area contributed by atoms with Gasteiger partial charge in [-0.25, -0.2) is 4.79 Å². The molecule has 0 aromatic heterocycles. The highest BCUT2D eigenvalue weighted by atomic mass is 16.6. The molecule has 0 saturated carbocycles. The largest absolute Gasteiger partial charge is 0.456 e. The van der Waals surface area contributed by atoms with Gasteiger partial charge in [-0.1, -0.05) is 18.6 Å². The van der Waals surface area contributed by atoms with Gasteiger partial charge in [0.05, 0.1) is 0 Å². The predicted molar refractivity (Wildman–Crippen MR) is 68.3 cm³/mol. The Morgan fingerprint density at radius 2 is 2.12 bits per heavy atom.